The highest BCUT2D eigenvalue weighted by molar-refractivity contribution is 7.13. The zero-order valence-electron chi connectivity index (χ0n) is 36.6. The predicted octanol–water partition coefficient (Wildman–Crippen LogP) is 6.27. The van der Waals surface area contributed by atoms with Crippen molar-refractivity contribution in [2.75, 3.05) is 13.2 Å². The number of hydrogen-bond donors (Lipinski definition) is 5. The number of aryl methyl sites for hydroxylation is 2. The average Bonchev–Trinajstić information content (AvgIpc) is 3.79. The van der Waals surface area contributed by atoms with Crippen LogP contribution in [0.3, 0.4) is 0 Å². The number of primary amides is 1. The molecule has 1 aromatic heterocycles. The fourth-order valence-electron chi connectivity index (χ4n) is 7.07. The van der Waals surface area contributed by atoms with Gasteiger partial charge in [0, 0.05) is 25.8 Å². The Hall–Kier alpha value is -5.09. The third kappa shape index (κ3) is 14.8. The van der Waals surface area contributed by atoms with Gasteiger partial charge in [-0.2, -0.15) is 0 Å². The van der Waals surface area contributed by atoms with Crippen LogP contribution in [0, 0.1) is 18.2 Å². The lowest BCUT2D eigenvalue weighted by Gasteiger charge is -2.35. The van der Waals surface area contributed by atoms with E-state index < -0.39 is 59.0 Å². The monoisotopic (exact) mass is 866 g/mol. The molecule has 0 bridgehead atoms. The molecule has 5 amide bonds. The summed E-state index contributed by atoms with van der Waals surface area (Å²) in [4.78, 5) is 71.5. The number of carbonyl (C=O) groups excluding carboxylic acids is 5. The average molecular weight is 867 g/mol. The van der Waals surface area contributed by atoms with Gasteiger partial charge in [0.25, 0.3) is 0 Å². The summed E-state index contributed by atoms with van der Waals surface area (Å²) in [7, 11) is 0. The normalized spacial score (nSPS) is 16.9. The van der Waals surface area contributed by atoms with Crippen LogP contribution >= 0.6 is 11.3 Å². The Bertz CT molecular complexity index is 1980. The molecular weight excluding hydrogens is 804 g/mol. The van der Waals surface area contributed by atoms with Crippen molar-refractivity contribution < 1.29 is 42.9 Å². The Kier molecular flexibility index (Phi) is 17.2. The lowest BCUT2D eigenvalue weighted by atomic mass is 9.85. The van der Waals surface area contributed by atoms with Crippen molar-refractivity contribution in [3.8, 4) is 16.2 Å². The van der Waals surface area contributed by atoms with Crippen molar-refractivity contribution in [1.82, 2.24) is 25.8 Å². The first-order valence-corrected chi connectivity index (χ1v) is 21.8. The Morgan fingerprint density at radius 1 is 0.984 bits per heavy atom. The molecule has 2 heterocycles. The Balaban J connectivity index is 1.27. The summed E-state index contributed by atoms with van der Waals surface area (Å²) in [6, 6.07) is 9.81. The molecule has 1 aliphatic rings. The van der Waals surface area contributed by atoms with Crippen LogP contribution < -0.4 is 26.4 Å². The molecule has 5 atom stereocenters. The van der Waals surface area contributed by atoms with Crippen LogP contribution in [0.5, 0.6) is 5.75 Å². The molecule has 16 heteroatoms. The number of likely N-dealkylation sites (tertiary alicyclic amines) is 1. The number of rotatable bonds is 19. The van der Waals surface area contributed by atoms with Gasteiger partial charge in [-0.3, -0.25) is 19.2 Å². The molecule has 0 aliphatic carbocycles. The first kappa shape index (κ1) is 48.6. The second-order valence-corrected chi connectivity index (χ2v) is 18.7. The second-order valence-electron chi connectivity index (χ2n) is 17.8. The van der Waals surface area contributed by atoms with Gasteiger partial charge >= 0.3 is 6.09 Å². The maximum Gasteiger partial charge on any atom is 0.407 e. The van der Waals surface area contributed by atoms with Crippen LogP contribution in [0.2, 0.25) is 0 Å². The van der Waals surface area contributed by atoms with E-state index in [-0.39, 0.29) is 62.4 Å². The topological polar surface area (TPSA) is 202 Å². The molecule has 61 heavy (non-hydrogen) atoms. The number of carbonyl (C=O) groups is 5. The number of unbranched alkanes of at least 4 members (excludes halogenated alkanes) is 2. The van der Waals surface area contributed by atoms with Gasteiger partial charge in [0.1, 0.15) is 24.3 Å². The van der Waals surface area contributed by atoms with E-state index in [1.54, 1.807) is 49.8 Å². The summed E-state index contributed by atoms with van der Waals surface area (Å²) in [5, 5.41) is 19.2. The Labute approximate surface area is 362 Å². The van der Waals surface area contributed by atoms with E-state index in [1.807, 2.05) is 58.9 Å². The number of thiazole rings is 1. The molecule has 6 N–H and O–H groups in total. The molecule has 14 nitrogen and oxygen atoms in total. The highest BCUT2D eigenvalue weighted by atomic mass is 32.1. The van der Waals surface area contributed by atoms with Crippen LogP contribution in [0.4, 0.5) is 9.18 Å². The van der Waals surface area contributed by atoms with Crippen molar-refractivity contribution >= 4 is 41.1 Å². The minimum absolute atomic E-state index is 0.00231. The number of amides is 5. The van der Waals surface area contributed by atoms with Gasteiger partial charge in [0.2, 0.25) is 23.6 Å². The molecule has 1 saturated heterocycles. The van der Waals surface area contributed by atoms with Gasteiger partial charge < -0.3 is 41.2 Å². The van der Waals surface area contributed by atoms with E-state index in [4.69, 9.17) is 15.2 Å². The SMILES string of the molecule is Cc1ncsc1-c1ccc([C@H](C)NC(=O)[C@@H]2C[C@@H](O)CN2C(=O)[C@@H](NC(=O)CCCCCc2cccc(OC[C@H](CCC(N)=O)NC(=O)OC(C)(C)C)c2F)C(C)(C)C)cc1. The van der Waals surface area contributed by atoms with Crippen LogP contribution in [-0.2, 0) is 30.3 Å². The molecule has 0 saturated carbocycles. The van der Waals surface area contributed by atoms with Crippen LogP contribution in [-0.4, -0.2) is 87.7 Å². The smallest absolute Gasteiger partial charge is 0.407 e. The van der Waals surface area contributed by atoms with Gasteiger partial charge in [-0.1, -0.05) is 63.6 Å². The second kappa shape index (κ2) is 21.6. The van der Waals surface area contributed by atoms with Gasteiger partial charge in [0.05, 0.1) is 34.3 Å². The van der Waals surface area contributed by atoms with E-state index in [2.05, 4.69) is 20.9 Å². The fraction of sp³-hybridized carbons (Fsp3) is 0.556. The number of nitrogens with zero attached hydrogens (tertiary/aromatic N) is 2. The molecule has 334 valence electrons. The number of nitrogens with two attached hydrogens (primary N) is 1. The van der Waals surface area contributed by atoms with Gasteiger partial charge in [-0.25, -0.2) is 14.2 Å². The van der Waals surface area contributed by atoms with Crippen molar-refractivity contribution in [3.63, 3.8) is 0 Å². The molecular formula is C45H63FN6O8S. The van der Waals surface area contributed by atoms with E-state index in [0.717, 1.165) is 21.7 Å². The maximum atomic E-state index is 15.5. The number of halogens is 1. The number of nitrogens with one attached hydrogen (secondary N) is 3. The van der Waals surface area contributed by atoms with Crippen molar-refractivity contribution in [2.24, 2.45) is 11.1 Å². The Morgan fingerprint density at radius 2 is 1.69 bits per heavy atom. The third-order valence-corrected chi connectivity index (χ3v) is 11.3. The number of hydrogen-bond acceptors (Lipinski definition) is 10. The molecule has 0 unspecified atom stereocenters. The molecule has 1 fully saturated rings. The lowest BCUT2D eigenvalue weighted by Crippen LogP contribution is -2.57. The minimum atomic E-state index is -0.952. The van der Waals surface area contributed by atoms with E-state index in [9.17, 15) is 29.1 Å². The zero-order chi connectivity index (χ0) is 45.1. The summed E-state index contributed by atoms with van der Waals surface area (Å²) < 4.78 is 26.5. The quantitative estimate of drug-likeness (QED) is 0.0862. The van der Waals surface area contributed by atoms with Crippen molar-refractivity contribution in [3.05, 3.63) is 70.6 Å². The van der Waals surface area contributed by atoms with Gasteiger partial charge in [0.15, 0.2) is 11.6 Å². The molecule has 3 aromatic rings. The highest BCUT2D eigenvalue weighted by Crippen LogP contribution is 2.30. The maximum absolute atomic E-state index is 15.5. The first-order valence-electron chi connectivity index (χ1n) is 20.9. The summed E-state index contributed by atoms with van der Waals surface area (Å²) in [6.45, 7) is 14.3. The van der Waals surface area contributed by atoms with Gasteiger partial charge in [-0.05, 0) is 88.5 Å². The standard InChI is InChI=1S/C45H63FN6O8S/c1-27(29-17-19-31(20-18-29)39-28(2)48-26-61-39)49-41(56)34-23-33(53)24-52(34)42(57)40(44(3,4)5)51-37(55)16-11-9-10-13-30-14-12-15-35(38(30)46)59-25-32(21-22-36(47)54)50-43(58)60-45(6,7)8/h12,14-15,17-20,26-27,32-34,40,53H,9-11,13,16,21-25H2,1-8H3,(H2,47,54)(H,49,56)(H,50,58)(H,51,55)/t27-,32-,33+,34-,40+/m0/s1. The summed E-state index contributed by atoms with van der Waals surface area (Å²) in [5.74, 6) is -2.24. The summed E-state index contributed by atoms with van der Waals surface area (Å²) in [5.41, 5.74) is 8.97. The van der Waals surface area contributed by atoms with E-state index >= 15 is 4.39 Å². The fourth-order valence-corrected chi connectivity index (χ4v) is 7.88. The van der Waals surface area contributed by atoms with Crippen LogP contribution in [0.25, 0.3) is 10.4 Å². The number of benzene rings is 2. The summed E-state index contributed by atoms with van der Waals surface area (Å²) >= 11 is 1.56. The molecule has 2 aromatic carbocycles. The van der Waals surface area contributed by atoms with Crippen LogP contribution in [0.1, 0.15) is 116 Å². The zero-order valence-corrected chi connectivity index (χ0v) is 37.5. The van der Waals surface area contributed by atoms with Gasteiger partial charge in [-0.15, -0.1) is 11.3 Å². The Morgan fingerprint density at radius 3 is 2.31 bits per heavy atom. The molecule has 4 rings (SSSR count). The molecule has 0 radical (unpaired) electrons. The van der Waals surface area contributed by atoms with Crippen molar-refractivity contribution in [2.45, 2.75) is 143 Å². The number of ether oxygens (including phenoxy) is 2. The molecule has 1 aliphatic heterocycles. The molecule has 0 spiro atoms. The number of aliphatic hydroxyl groups excluding tert-OH is 1. The predicted molar refractivity (Wildman–Crippen MR) is 232 cm³/mol. The largest absolute Gasteiger partial charge is 0.488 e. The number of alkyl carbamates (subject to hydrolysis) is 1. The summed E-state index contributed by atoms with van der Waals surface area (Å²) in [6.07, 6.45) is 0.849. The highest BCUT2D eigenvalue weighted by Gasteiger charge is 2.44. The van der Waals surface area contributed by atoms with Crippen LogP contribution in [0.15, 0.2) is 48.0 Å². The lowest BCUT2D eigenvalue weighted by molar-refractivity contribution is -0.144. The first-order chi connectivity index (χ1) is 28.6. The number of aromatic nitrogens is 1. The van der Waals surface area contributed by atoms with E-state index in [1.165, 1.54) is 11.0 Å². The third-order valence-electron chi connectivity index (χ3n) is 10.4. The number of aliphatic hydroxyl groups is 1. The minimum Gasteiger partial charge on any atom is -0.488 e. The number of β-amino-alcohol motifs (C(OH)–C–C–N with tert-alkyl or cyclic N) is 1. The van der Waals surface area contributed by atoms with E-state index in [0.29, 0.717) is 31.2 Å². The van der Waals surface area contributed by atoms with Crippen molar-refractivity contribution in [1.29, 1.82) is 0 Å².